The summed E-state index contributed by atoms with van der Waals surface area (Å²) in [5.74, 6) is 0.0822. The lowest BCUT2D eigenvalue weighted by Gasteiger charge is -2.37. The average molecular weight is 269 g/mol. The topological polar surface area (TPSA) is 59.2 Å². The molecule has 0 saturated heterocycles. The van der Waals surface area contributed by atoms with E-state index in [1.165, 1.54) is 6.42 Å². The predicted octanol–water partition coefficient (Wildman–Crippen LogP) is 2.19. The standard InChI is InChI=1S/C16H19N3O/c17-9-11-19(12-4-3-5-12)16(20)14-8-10-18-15-7-2-1-6-13(14)15/h1-2,6-8,10,12H,3-5,9,11,17H2. The SMILES string of the molecule is NCCN(C(=O)c1ccnc2ccccc12)C1CCC1. The normalized spacial score (nSPS) is 15.1. The van der Waals surface area contributed by atoms with Crippen LogP contribution in [0.3, 0.4) is 0 Å². The highest BCUT2D eigenvalue weighted by Gasteiger charge is 2.29. The Morgan fingerprint density at radius 3 is 2.80 bits per heavy atom. The van der Waals surface area contributed by atoms with Crippen LogP contribution >= 0.6 is 0 Å². The predicted molar refractivity (Wildman–Crippen MR) is 79.5 cm³/mol. The van der Waals surface area contributed by atoms with Crippen molar-refractivity contribution in [3.8, 4) is 0 Å². The van der Waals surface area contributed by atoms with Gasteiger partial charge < -0.3 is 10.6 Å². The van der Waals surface area contributed by atoms with E-state index < -0.39 is 0 Å². The summed E-state index contributed by atoms with van der Waals surface area (Å²) in [6.07, 6.45) is 5.09. The summed E-state index contributed by atoms with van der Waals surface area (Å²) >= 11 is 0. The Labute approximate surface area is 118 Å². The van der Waals surface area contributed by atoms with E-state index in [2.05, 4.69) is 4.98 Å². The van der Waals surface area contributed by atoms with Gasteiger partial charge in [0, 0.05) is 30.7 Å². The Morgan fingerprint density at radius 2 is 2.10 bits per heavy atom. The van der Waals surface area contributed by atoms with Crippen molar-refractivity contribution < 1.29 is 4.79 Å². The van der Waals surface area contributed by atoms with E-state index in [-0.39, 0.29) is 5.91 Å². The molecule has 1 heterocycles. The third-order valence-electron chi connectivity index (χ3n) is 4.03. The number of hydrogen-bond acceptors (Lipinski definition) is 3. The van der Waals surface area contributed by atoms with Crippen LogP contribution in [-0.2, 0) is 0 Å². The molecule has 1 saturated carbocycles. The van der Waals surface area contributed by atoms with Gasteiger partial charge in [0.05, 0.1) is 11.1 Å². The molecule has 0 aliphatic heterocycles. The lowest BCUT2D eigenvalue weighted by atomic mass is 9.90. The summed E-state index contributed by atoms with van der Waals surface area (Å²) in [6.45, 7) is 1.13. The van der Waals surface area contributed by atoms with Gasteiger partial charge >= 0.3 is 0 Å². The number of para-hydroxylation sites is 1. The van der Waals surface area contributed by atoms with Gasteiger partial charge in [-0.15, -0.1) is 0 Å². The number of pyridine rings is 1. The maximum absolute atomic E-state index is 12.8. The Balaban J connectivity index is 1.98. The van der Waals surface area contributed by atoms with Gasteiger partial charge in [-0.05, 0) is 31.4 Å². The minimum absolute atomic E-state index is 0.0822. The van der Waals surface area contributed by atoms with Crippen molar-refractivity contribution in [1.82, 2.24) is 9.88 Å². The van der Waals surface area contributed by atoms with Crippen molar-refractivity contribution in [3.05, 3.63) is 42.1 Å². The van der Waals surface area contributed by atoms with E-state index >= 15 is 0 Å². The van der Waals surface area contributed by atoms with Crippen LogP contribution < -0.4 is 5.73 Å². The molecule has 4 heteroatoms. The first-order valence-electron chi connectivity index (χ1n) is 7.16. The second-order valence-electron chi connectivity index (χ2n) is 5.25. The van der Waals surface area contributed by atoms with Crippen molar-refractivity contribution in [3.63, 3.8) is 0 Å². The molecule has 0 radical (unpaired) electrons. The first kappa shape index (κ1) is 13.1. The van der Waals surface area contributed by atoms with Crippen LogP contribution in [-0.4, -0.2) is 34.9 Å². The van der Waals surface area contributed by atoms with Crippen LogP contribution in [0.1, 0.15) is 29.6 Å². The lowest BCUT2D eigenvalue weighted by Crippen LogP contribution is -2.46. The molecule has 2 aromatic rings. The van der Waals surface area contributed by atoms with Crippen molar-refractivity contribution in [2.24, 2.45) is 5.73 Å². The lowest BCUT2D eigenvalue weighted by molar-refractivity contribution is 0.0590. The quantitative estimate of drug-likeness (QED) is 0.925. The molecule has 104 valence electrons. The van der Waals surface area contributed by atoms with Crippen LogP contribution in [0.25, 0.3) is 10.9 Å². The Bertz CT molecular complexity index is 617. The second kappa shape index (κ2) is 5.59. The molecule has 0 unspecified atom stereocenters. The van der Waals surface area contributed by atoms with E-state index in [1.54, 1.807) is 6.20 Å². The summed E-state index contributed by atoms with van der Waals surface area (Å²) in [5.41, 5.74) is 7.26. The monoisotopic (exact) mass is 269 g/mol. The van der Waals surface area contributed by atoms with Crippen molar-refractivity contribution in [2.75, 3.05) is 13.1 Å². The Hall–Kier alpha value is -1.94. The van der Waals surface area contributed by atoms with Crippen molar-refractivity contribution >= 4 is 16.8 Å². The number of carbonyl (C=O) groups excluding carboxylic acids is 1. The first-order chi connectivity index (χ1) is 9.81. The van der Waals surface area contributed by atoms with E-state index in [0.717, 1.165) is 29.3 Å². The van der Waals surface area contributed by atoms with Gasteiger partial charge in [-0.1, -0.05) is 18.2 Å². The molecule has 0 spiro atoms. The van der Waals surface area contributed by atoms with Gasteiger partial charge in [-0.2, -0.15) is 0 Å². The summed E-state index contributed by atoms with van der Waals surface area (Å²) in [7, 11) is 0. The summed E-state index contributed by atoms with van der Waals surface area (Å²) in [6, 6.07) is 9.94. The van der Waals surface area contributed by atoms with Crippen LogP contribution in [0.15, 0.2) is 36.5 Å². The third-order valence-corrected chi connectivity index (χ3v) is 4.03. The summed E-state index contributed by atoms with van der Waals surface area (Å²) in [5, 5.41) is 0.918. The molecule has 1 amide bonds. The fourth-order valence-electron chi connectivity index (χ4n) is 2.72. The van der Waals surface area contributed by atoms with Crippen LogP contribution in [0.5, 0.6) is 0 Å². The molecule has 1 aliphatic carbocycles. The zero-order valence-electron chi connectivity index (χ0n) is 11.5. The summed E-state index contributed by atoms with van der Waals surface area (Å²) in [4.78, 5) is 19.1. The summed E-state index contributed by atoms with van der Waals surface area (Å²) < 4.78 is 0. The van der Waals surface area contributed by atoms with Gasteiger partial charge in [0.25, 0.3) is 5.91 Å². The number of aromatic nitrogens is 1. The molecule has 20 heavy (non-hydrogen) atoms. The molecule has 1 fully saturated rings. The number of nitrogens with two attached hydrogens (primary N) is 1. The molecule has 2 N–H and O–H groups in total. The average Bonchev–Trinajstić information content (AvgIpc) is 2.43. The van der Waals surface area contributed by atoms with E-state index in [9.17, 15) is 4.79 Å². The van der Waals surface area contributed by atoms with Gasteiger partial charge in [0.1, 0.15) is 0 Å². The zero-order chi connectivity index (χ0) is 13.9. The highest BCUT2D eigenvalue weighted by Crippen LogP contribution is 2.27. The fraction of sp³-hybridized carbons (Fsp3) is 0.375. The number of carbonyl (C=O) groups is 1. The number of benzene rings is 1. The molecule has 1 aromatic heterocycles. The van der Waals surface area contributed by atoms with E-state index in [1.807, 2.05) is 35.2 Å². The minimum Gasteiger partial charge on any atom is -0.334 e. The Kier molecular flexibility index (Phi) is 3.65. The van der Waals surface area contributed by atoms with Crippen LogP contribution in [0.2, 0.25) is 0 Å². The molecule has 1 aromatic carbocycles. The van der Waals surface area contributed by atoms with Crippen molar-refractivity contribution in [1.29, 1.82) is 0 Å². The zero-order valence-corrected chi connectivity index (χ0v) is 11.5. The number of amides is 1. The Morgan fingerprint density at radius 1 is 1.30 bits per heavy atom. The van der Waals surface area contributed by atoms with Gasteiger partial charge in [-0.25, -0.2) is 0 Å². The number of nitrogens with zero attached hydrogens (tertiary/aromatic N) is 2. The van der Waals surface area contributed by atoms with Crippen LogP contribution in [0, 0.1) is 0 Å². The molecule has 4 nitrogen and oxygen atoms in total. The third kappa shape index (κ3) is 2.27. The molecule has 3 rings (SSSR count). The van der Waals surface area contributed by atoms with E-state index in [0.29, 0.717) is 19.1 Å². The first-order valence-corrected chi connectivity index (χ1v) is 7.16. The second-order valence-corrected chi connectivity index (χ2v) is 5.25. The largest absolute Gasteiger partial charge is 0.334 e. The number of hydrogen-bond donors (Lipinski definition) is 1. The molecule has 0 atom stereocenters. The number of rotatable bonds is 4. The smallest absolute Gasteiger partial charge is 0.254 e. The molecule has 1 aliphatic rings. The highest BCUT2D eigenvalue weighted by molar-refractivity contribution is 6.06. The van der Waals surface area contributed by atoms with Gasteiger partial charge in [0.2, 0.25) is 0 Å². The van der Waals surface area contributed by atoms with Crippen molar-refractivity contribution in [2.45, 2.75) is 25.3 Å². The van der Waals surface area contributed by atoms with E-state index in [4.69, 9.17) is 5.73 Å². The number of fused-ring (bicyclic) bond motifs is 1. The molecule has 0 bridgehead atoms. The van der Waals surface area contributed by atoms with Crippen LogP contribution in [0.4, 0.5) is 0 Å². The molecular formula is C16H19N3O. The minimum atomic E-state index is 0.0822. The highest BCUT2D eigenvalue weighted by atomic mass is 16.2. The maximum Gasteiger partial charge on any atom is 0.254 e. The molecular weight excluding hydrogens is 250 g/mol. The fourth-order valence-corrected chi connectivity index (χ4v) is 2.72. The van der Waals surface area contributed by atoms with Gasteiger partial charge in [-0.3, -0.25) is 9.78 Å². The maximum atomic E-state index is 12.8. The van der Waals surface area contributed by atoms with Gasteiger partial charge in [0.15, 0.2) is 0 Å².